The number of Topliss-reactive ketones (excluding diaryl/α,β-unsaturated/α-hetero) is 1. The molecule has 15 heavy (non-hydrogen) atoms. The summed E-state index contributed by atoms with van der Waals surface area (Å²) in [5, 5.41) is 0. The predicted octanol–water partition coefficient (Wildman–Crippen LogP) is 2.63. The molecule has 0 fully saturated rings. The van der Waals surface area contributed by atoms with Crippen LogP contribution >= 0.6 is 15.9 Å². The first-order chi connectivity index (χ1) is 7.08. The molecular formula is C11H9BrO3. The van der Waals surface area contributed by atoms with Crippen molar-refractivity contribution in [3.63, 3.8) is 0 Å². The first kappa shape index (κ1) is 10.4. The zero-order chi connectivity index (χ0) is 11.0. The second-order valence-electron chi connectivity index (χ2n) is 3.44. The fourth-order valence-electron chi connectivity index (χ4n) is 1.67. The molecule has 3 nitrogen and oxygen atoms in total. The first-order valence-electron chi connectivity index (χ1n) is 4.57. The number of ether oxygens (including phenoxy) is 1. The molecule has 1 unspecified atom stereocenters. The van der Waals surface area contributed by atoms with Gasteiger partial charge in [-0.1, -0.05) is 15.9 Å². The van der Waals surface area contributed by atoms with Crippen LogP contribution in [-0.4, -0.2) is 11.8 Å². The average molecular weight is 269 g/mol. The number of esters is 1. The van der Waals surface area contributed by atoms with E-state index < -0.39 is 0 Å². The van der Waals surface area contributed by atoms with Crippen molar-refractivity contribution in [2.24, 2.45) is 0 Å². The third kappa shape index (κ3) is 1.95. The van der Waals surface area contributed by atoms with Gasteiger partial charge in [0, 0.05) is 23.7 Å². The van der Waals surface area contributed by atoms with Gasteiger partial charge in [0.05, 0.1) is 0 Å². The number of hydrogen-bond donors (Lipinski definition) is 0. The summed E-state index contributed by atoms with van der Waals surface area (Å²) >= 11 is 3.42. The summed E-state index contributed by atoms with van der Waals surface area (Å²) in [6.07, 6.45) is 0.471. The van der Waals surface area contributed by atoms with Crippen molar-refractivity contribution in [1.29, 1.82) is 0 Å². The van der Waals surface area contributed by atoms with Gasteiger partial charge in [-0.05, 0) is 23.8 Å². The highest BCUT2D eigenvalue weighted by molar-refractivity contribution is 9.09. The minimum Gasteiger partial charge on any atom is -0.427 e. The maximum atomic E-state index is 11.5. The number of ketones is 1. The number of rotatable bonds is 1. The fraction of sp³-hybridized carbons (Fsp3) is 0.273. The summed E-state index contributed by atoms with van der Waals surface area (Å²) in [5.74, 6) is 0.257. The lowest BCUT2D eigenvalue weighted by Gasteiger charge is -2.05. The lowest BCUT2D eigenvalue weighted by Crippen LogP contribution is -2.02. The maximum Gasteiger partial charge on any atom is 0.308 e. The normalized spacial score (nSPS) is 18.8. The van der Waals surface area contributed by atoms with E-state index in [4.69, 9.17) is 4.74 Å². The third-order valence-corrected chi connectivity index (χ3v) is 3.10. The molecule has 1 aromatic rings. The number of halogens is 1. The van der Waals surface area contributed by atoms with Crippen LogP contribution in [0.5, 0.6) is 5.75 Å². The number of carbonyl (C=O) groups excluding carboxylic acids is 2. The molecule has 0 radical (unpaired) electrons. The van der Waals surface area contributed by atoms with Crippen LogP contribution < -0.4 is 4.74 Å². The van der Waals surface area contributed by atoms with Crippen LogP contribution in [0.1, 0.15) is 34.1 Å². The second kappa shape index (κ2) is 3.77. The Morgan fingerprint density at radius 1 is 1.53 bits per heavy atom. The first-order valence-corrected chi connectivity index (χ1v) is 5.49. The van der Waals surface area contributed by atoms with Gasteiger partial charge in [-0.25, -0.2) is 0 Å². The Morgan fingerprint density at radius 3 is 2.93 bits per heavy atom. The van der Waals surface area contributed by atoms with E-state index in [1.807, 2.05) is 0 Å². The number of fused-ring (bicyclic) bond motifs is 1. The van der Waals surface area contributed by atoms with Gasteiger partial charge in [0.1, 0.15) is 5.75 Å². The molecule has 2 rings (SSSR count). The quantitative estimate of drug-likeness (QED) is 0.447. The Hall–Kier alpha value is -1.16. The molecule has 0 bridgehead atoms. The molecule has 0 amide bonds. The zero-order valence-electron chi connectivity index (χ0n) is 8.12. The number of carbonyl (C=O) groups is 2. The smallest absolute Gasteiger partial charge is 0.308 e. The van der Waals surface area contributed by atoms with Gasteiger partial charge in [0.25, 0.3) is 0 Å². The van der Waals surface area contributed by atoms with Crippen LogP contribution in [0.4, 0.5) is 0 Å². The molecule has 1 aliphatic rings. The highest BCUT2D eigenvalue weighted by Gasteiger charge is 2.27. The van der Waals surface area contributed by atoms with Crippen molar-refractivity contribution < 1.29 is 14.3 Å². The number of hydrogen-bond acceptors (Lipinski definition) is 3. The van der Waals surface area contributed by atoms with Gasteiger partial charge in [0.15, 0.2) is 5.78 Å². The number of alkyl halides is 1. The van der Waals surface area contributed by atoms with E-state index >= 15 is 0 Å². The fourth-order valence-corrected chi connectivity index (χ4v) is 2.34. The van der Waals surface area contributed by atoms with Gasteiger partial charge in [-0.2, -0.15) is 0 Å². The molecule has 1 atom stereocenters. The Balaban J connectivity index is 2.38. The molecule has 0 spiro atoms. The minimum absolute atomic E-state index is 0.0375. The molecule has 0 N–H and O–H groups in total. The van der Waals surface area contributed by atoms with Gasteiger partial charge < -0.3 is 4.74 Å². The summed E-state index contributed by atoms with van der Waals surface area (Å²) in [6.45, 7) is 1.35. The molecule has 0 saturated heterocycles. The van der Waals surface area contributed by atoms with Crippen molar-refractivity contribution in [2.75, 3.05) is 0 Å². The van der Waals surface area contributed by atoms with E-state index in [2.05, 4.69) is 15.9 Å². The molecular weight excluding hydrogens is 260 g/mol. The van der Waals surface area contributed by atoms with E-state index in [0.29, 0.717) is 17.7 Å². The Labute approximate surface area is 95.6 Å². The van der Waals surface area contributed by atoms with Gasteiger partial charge in [-0.3, -0.25) is 9.59 Å². The second-order valence-corrected chi connectivity index (χ2v) is 4.54. The van der Waals surface area contributed by atoms with Crippen LogP contribution in [0.15, 0.2) is 18.2 Å². The van der Waals surface area contributed by atoms with E-state index in [0.717, 1.165) is 5.56 Å². The van der Waals surface area contributed by atoms with Crippen molar-refractivity contribution in [3.05, 3.63) is 29.3 Å². The van der Waals surface area contributed by atoms with Crippen molar-refractivity contribution in [3.8, 4) is 5.75 Å². The molecule has 0 aromatic heterocycles. The standard InChI is InChI=1S/C11H9BrO3/c1-6(13)15-7-2-3-8-9(4-7)10(12)5-11(8)14/h2-4,10H,5H2,1H3. The minimum atomic E-state index is -0.356. The molecule has 78 valence electrons. The van der Waals surface area contributed by atoms with Crippen LogP contribution in [0.2, 0.25) is 0 Å². The summed E-state index contributed by atoms with van der Waals surface area (Å²) < 4.78 is 4.95. The summed E-state index contributed by atoms with van der Waals surface area (Å²) in [4.78, 5) is 22.3. The topological polar surface area (TPSA) is 43.4 Å². The Bertz CT molecular complexity index is 439. The van der Waals surface area contributed by atoms with Crippen LogP contribution in [0, 0.1) is 0 Å². The van der Waals surface area contributed by atoms with E-state index in [1.165, 1.54) is 6.92 Å². The molecule has 0 aliphatic heterocycles. The molecule has 0 heterocycles. The van der Waals surface area contributed by atoms with Crippen molar-refractivity contribution in [1.82, 2.24) is 0 Å². The molecule has 1 aliphatic carbocycles. The highest BCUT2D eigenvalue weighted by Crippen LogP contribution is 2.39. The highest BCUT2D eigenvalue weighted by atomic mass is 79.9. The number of benzene rings is 1. The van der Waals surface area contributed by atoms with Gasteiger partial charge in [-0.15, -0.1) is 0 Å². The maximum absolute atomic E-state index is 11.5. The van der Waals surface area contributed by atoms with Crippen LogP contribution in [0.25, 0.3) is 0 Å². The average Bonchev–Trinajstić information content (AvgIpc) is 2.41. The molecule has 1 aromatic carbocycles. The SMILES string of the molecule is CC(=O)Oc1ccc2c(c1)C(Br)CC2=O. The Kier molecular flexibility index (Phi) is 2.61. The van der Waals surface area contributed by atoms with Crippen molar-refractivity contribution >= 4 is 27.7 Å². The molecule has 0 saturated carbocycles. The van der Waals surface area contributed by atoms with Crippen LogP contribution in [-0.2, 0) is 4.79 Å². The summed E-state index contributed by atoms with van der Waals surface area (Å²) in [7, 11) is 0. The summed E-state index contributed by atoms with van der Waals surface area (Å²) in [5.41, 5.74) is 1.62. The van der Waals surface area contributed by atoms with Crippen LogP contribution in [0.3, 0.4) is 0 Å². The lowest BCUT2D eigenvalue weighted by atomic mass is 10.1. The van der Waals surface area contributed by atoms with E-state index in [9.17, 15) is 9.59 Å². The molecule has 4 heteroatoms. The predicted molar refractivity (Wildman–Crippen MR) is 58.4 cm³/mol. The zero-order valence-corrected chi connectivity index (χ0v) is 9.71. The third-order valence-electron chi connectivity index (χ3n) is 2.29. The van der Waals surface area contributed by atoms with Gasteiger partial charge >= 0.3 is 5.97 Å². The lowest BCUT2D eigenvalue weighted by molar-refractivity contribution is -0.131. The van der Waals surface area contributed by atoms with Gasteiger partial charge in [0.2, 0.25) is 0 Å². The van der Waals surface area contributed by atoms with E-state index in [1.54, 1.807) is 18.2 Å². The van der Waals surface area contributed by atoms with Crippen molar-refractivity contribution in [2.45, 2.75) is 18.2 Å². The monoisotopic (exact) mass is 268 g/mol. The largest absolute Gasteiger partial charge is 0.427 e. The van der Waals surface area contributed by atoms with E-state index in [-0.39, 0.29) is 16.6 Å². The summed E-state index contributed by atoms with van der Waals surface area (Å²) in [6, 6.07) is 5.08. The Morgan fingerprint density at radius 2 is 2.27 bits per heavy atom.